The highest BCUT2D eigenvalue weighted by molar-refractivity contribution is 5.73. The third-order valence-electron chi connectivity index (χ3n) is 5.34. The van der Waals surface area contributed by atoms with E-state index < -0.39 is 0 Å². The molecule has 3 fully saturated rings. The largest absolute Gasteiger partial charge is 0.466 e. The second-order valence-corrected chi connectivity index (χ2v) is 6.07. The van der Waals surface area contributed by atoms with E-state index in [1.807, 2.05) is 6.92 Å². The van der Waals surface area contributed by atoms with Gasteiger partial charge in [-0.1, -0.05) is 0 Å². The molecule has 1 N–H and O–H groups in total. The molecule has 2 aliphatic heterocycles. The Morgan fingerprint density at radius 2 is 2.12 bits per heavy atom. The number of esters is 1. The Hall–Kier alpha value is -0.570. The maximum absolute atomic E-state index is 12.1. The fraction of sp³-hybridized carbons (Fsp3) is 0.929. The van der Waals surface area contributed by atoms with E-state index >= 15 is 0 Å². The van der Waals surface area contributed by atoms with Gasteiger partial charge in [0.25, 0.3) is 0 Å². The van der Waals surface area contributed by atoms with Gasteiger partial charge in [0, 0.05) is 32.1 Å². The van der Waals surface area contributed by atoms with Gasteiger partial charge in [0.2, 0.25) is 0 Å². The predicted octanol–water partition coefficient (Wildman–Crippen LogP) is 0.930. The maximum Gasteiger partial charge on any atom is 0.315 e. The third-order valence-corrected chi connectivity index (χ3v) is 5.34. The molecular formula is C14H24NO2+. The lowest BCUT2D eigenvalue weighted by molar-refractivity contribution is -0.950. The van der Waals surface area contributed by atoms with Crippen LogP contribution in [0.25, 0.3) is 0 Å². The second kappa shape index (κ2) is 4.27. The highest BCUT2D eigenvalue weighted by Crippen LogP contribution is 2.40. The summed E-state index contributed by atoms with van der Waals surface area (Å²) in [7, 11) is 0. The molecule has 2 saturated heterocycles. The summed E-state index contributed by atoms with van der Waals surface area (Å²) in [4.78, 5) is 13.8. The summed E-state index contributed by atoms with van der Waals surface area (Å²) in [5, 5.41) is 0. The topological polar surface area (TPSA) is 30.7 Å². The highest BCUT2D eigenvalue weighted by Gasteiger charge is 2.60. The minimum absolute atomic E-state index is 0.0840. The van der Waals surface area contributed by atoms with Crippen LogP contribution in [-0.2, 0) is 9.53 Å². The van der Waals surface area contributed by atoms with Crippen molar-refractivity contribution < 1.29 is 14.4 Å². The van der Waals surface area contributed by atoms with Crippen molar-refractivity contribution in [1.82, 2.24) is 0 Å². The van der Waals surface area contributed by atoms with Crippen molar-refractivity contribution in [3.63, 3.8) is 0 Å². The van der Waals surface area contributed by atoms with Crippen molar-refractivity contribution >= 4 is 5.97 Å². The normalized spacial score (nSPS) is 38.5. The van der Waals surface area contributed by atoms with Gasteiger partial charge in [0.15, 0.2) is 0 Å². The van der Waals surface area contributed by atoms with Crippen LogP contribution in [0.4, 0.5) is 0 Å². The fourth-order valence-electron chi connectivity index (χ4n) is 4.74. The van der Waals surface area contributed by atoms with Crippen LogP contribution >= 0.6 is 0 Å². The van der Waals surface area contributed by atoms with E-state index in [-0.39, 0.29) is 11.9 Å². The van der Waals surface area contributed by atoms with Crippen LogP contribution in [0.2, 0.25) is 0 Å². The highest BCUT2D eigenvalue weighted by atomic mass is 16.5. The van der Waals surface area contributed by atoms with Crippen LogP contribution in [-0.4, -0.2) is 30.7 Å². The van der Waals surface area contributed by atoms with Crippen molar-refractivity contribution in [3.8, 4) is 0 Å². The smallest absolute Gasteiger partial charge is 0.315 e. The number of carbonyl (C=O) groups is 1. The minimum atomic E-state index is 0.0840. The monoisotopic (exact) mass is 238 g/mol. The first-order valence-electron chi connectivity index (χ1n) is 7.30. The van der Waals surface area contributed by atoms with Gasteiger partial charge >= 0.3 is 5.97 Å². The zero-order valence-electron chi connectivity index (χ0n) is 10.8. The molecular weight excluding hydrogens is 214 g/mol. The Balaban J connectivity index is 1.81. The van der Waals surface area contributed by atoms with Gasteiger partial charge in [-0.3, -0.25) is 4.79 Å². The lowest BCUT2D eigenvalue weighted by Crippen LogP contribution is -3.19. The number of fused-ring (bicyclic) bond motifs is 2. The molecule has 3 nitrogen and oxygen atoms in total. The Bertz CT molecular complexity index is 309. The van der Waals surface area contributed by atoms with Crippen molar-refractivity contribution in [1.29, 1.82) is 0 Å². The summed E-state index contributed by atoms with van der Waals surface area (Å²) in [6.07, 6.45) is 9.06. The molecule has 1 spiro atoms. The molecule has 3 heteroatoms. The summed E-state index contributed by atoms with van der Waals surface area (Å²) in [5.41, 5.74) is 0.457. The van der Waals surface area contributed by atoms with Crippen LogP contribution in [0, 0.1) is 5.92 Å². The molecule has 17 heavy (non-hydrogen) atoms. The molecule has 0 aromatic carbocycles. The van der Waals surface area contributed by atoms with Crippen LogP contribution in [0.1, 0.15) is 51.9 Å². The number of hydrogen-bond donors (Lipinski definition) is 1. The quantitative estimate of drug-likeness (QED) is 0.726. The molecule has 2 heterocycles. The zero-order valence-corrected chi connectivity index (χ0v) is 10.8. The molecule has 3 atom stereocenters. The van der Waals surface area contributed by atoms with Gasteiger partial charge in [0.05, 0.1) is 18.7 Å². The Morgan fingerprint density at radius 1 is 1.35 bits per heavy atom. The maximum atomic E-state index is 12.1. The second-order valence-electron chi connectivity index (χ2n) is 6.07. The van der Waals surface area contributed by atoms with Crippen molar-refractivity contribution in [3.05, 3.63) is 0 Å². The Kier molecular flexibility index (Phi) is 2.89. The SMILES string of the molecule is CCOC(=O)[C@H]1CC2(CCCC2)[NH+]2CCC[C@@H]12. The molecule has 0 aromatic heterocycles. The molecule has 1 saturated carbocycles. The van der Waals surface area contributed by atoms with E-state index in [1.165, 1.54) is 45.1 Å². The zero-order chi connectivity index (χ0) is 11.9. The molecule has 1 aliphatic carbocycles. The number of quaternary nitrogens is 1. The van der Waals surface area contributed by atoms with E-state index in [0.29, 0.717) is 18.2 Å². The minimum Gasteiger partial charge on any atom is -0.466 e. The van der Waals surface area contributed by atoms with Crippen LogP contribution in [0.3, 0.4) is 0 Å². The third kappa shape index (κ3) is 1.70. The molecule has 0 radical (unpaired) electrons. The number of rotatable bonds is 2. The van der Waals surface area contributed by atoms with Crippen molar-refractivity contribution in [2.75, 3.05) is 13.2 Å². The molecule has 0 amide bonds. The lowest BCUT2D eigenvalue weighted by atomic mass is 9.88. The van der Waals surface area contributed by atoms with Gasteiger partial charge in [-0.05, 0) is 19.8 Å². The number of nitrogens with one attached hydrogen (secondary N) is 1. The van der Waals surface area contributed by atoms with Gasteiger partial charge in [-0.15, -0.1) is 0 Å². The van der Waals surface area contributed by atoms with E-state index in [0.717, 1.165) is 6.42 Å². The van der Waals surface area contributed by atoms with Gasteiger partial charge in [0.1, 0.15) is 12.0 Å². The fourth-order valence-corrected chi connectivity index (χ4v) is 4.74. The first kappa shape index (κ1) is 11.5. The summed E-state index contributed by atoms with van der Waals surface area (Å²) in [5.74, 6) is 0.284. The van der Waals surface area contributed by atoms with E-state index in [4.69, 9.17) is 4.74 Å². The van der Waals surface area contributed by atoms with E-state index in [9.17, 15) is 4.79 Å². The van der Waals surface area contributed by atoms with Gasteiger partial charge in [-0.2, -0.15) is 0 Å². The summed E-state index contributed by atoms with van der Waals surface area (Å²) < 4.78 is 5.28. The number of ether oxygens (including phenoxy) is 1. The van der Waals surface area contributed by atoms with Crippen LogP contribution < -0.4 is 4.90 Å². The first-order valence-corrected chi connectivity index (χ1v) is 7.30. The lowest BCUT2D eigenvalue weighted by Gasteiger charge is -2.31. The molecule has 1 unspecified atom stereocenters. The average molecular weight is 238 g/mol. The Morgan fingerprint density at radius 3 is 2.82 bits per heavy atom. The molecule has 3 aliphatic rings. The van der Waals surface area contributed by atoms with Crippen LogP contribution in [0.5, 0.6) is 0 Å². The molecule has 3 rings (SSSR count). The van der Waals surface area contributed by atoms with Gasteiger partial charge < -0.3 is 9.64 Å². The van der Waals surface area contributed by atoms with E-state index in [2.05, 4.69) is 0 Å². The molecule has 0 bridgehead atoms. The standard InChI is InChI=1S/C14H23NO2/c1-2-17-13(16)11-10-14(7-3-4-8-14)15-9-5-6-12(11)15/h11-12H,2-10H2,1H3/p+1/t11-,12-/m0/s1. The summed E-state index contributed by atoms with van der Waals surface area (Å²) in [6.45, 7) is 3.74. The first-order chi connectivity index (χ1) is 8.27. The summed E-state index contributed by atoms with van der Waals surface area (Å²) in [6, 6.07) is 0.576. The van der Waals surface area contributed by atoms with Gasteiger partial charge in [-0.25, -0.2) is 0 Å². The average Bonchev–Trinajstić information content (AvgIpc) is 3.00. The predicted molar refractivity (Wildman–Crippen MR) is 64.8 cm³/mol. The van der Waals surface area contributed by atoms with Crippen LogP contribution in [0.15, 0.2) is 0 Å². The summed E-state index contributed by atoms with van der Waals surface area (Å²) >= 11 is 0. The molecule has 0 aromatic rings. The number of carbonyl (C=O) groups excluding carboxylic acids is 1. The van der Waals surface area contributed by atoms with E-state index in [1.54, 1.807) is 4.90 Å². The van der Waals surface area contributed by atoms with Crippen molar-refractivity contribution in [2.45, 2.75) is 63.5 Å². The Labute approximate surface area is 104 Å². The van der Waals surface area contributed by atoms with Crippen molar-refractivity contribution in [2.24, 2.45) is 5.92 Å². The molecule has 96 valence electrons. The number of hydrogen-bond acceptors (Lipinski definition) is 2.